The molecule has 0 bridgehead atoms. The summed E-state index contributed by atoms with van der Waals surface area (Å²) in [6, 6.07) is 8.49. The maximum absolute atomic E-state index is 14.0. The average molecular weight is 312 g/mol. The zero-order valence-electron chi connectivity index (χ0n) is 11.6. The maximum Gasteiger partial charge on any atom is 0.166 e. The third-order valence-corrected chi connectivity index (χ3v) is 3.46. The standard InChI is InChI=1S/C16H16ClF2NO/c1-2-11(20)8-10-4-3-5-15(19)16(10)21-12-6-7-14(18)13(17)9-12/h3-7,9,11H,2,8,20H2,1H3. The van der Waals surface area contributed by atoms with E-state index in [-0.39, 0.29) is 22.6 Å². The van der Waals surface area contributed by atoms with Crippen molar-refractivity contribution >= 4 is 11.6 Å². The van der Waals surface area contributed by atoms with Crippen molar-refractivity contribution in [3.63, 3.8) is 0 Å². The molecule has 0 heterocycles. The molecule has 1 unspecified atom stereocenters. The van der Waals surface area contributed by atoms with Crippen LogP contribution in [-0.2, 0) is 6.42 Å². The molecular formula is C16H16ClF2NO. The maximum atomic E-state index is 14.0. The lowest BCUT2D eigenvalue weighted by atomic mass is 10.0. The lowest BCUT2D eigenvalue weighted by Gasteiger charge is -2.15. The molecule has 2 aromatic carbocycles. The summed E-state index contributed by atoms with van der Waals surface area (Å²) in [7, 11) is 0. The number of hydrogen-bond donors (Lipinski definition) is 1. The lowest BCUT2D eigenvalue weighted by Crippen LogP contribution is -2.21. The second kappa shape index (κ2) is 6.87. The van der Waals surface area contributed by atoms with Crippen molar-refractivity contribution in [2.24, 2.45) is 5.73 Å². The lowest BCUT2D eigenvalue weighted by molar-refractivity contribution is 0.432. The predicted molar refractivity (Wildman–Crippen MR) is 79.9 cm³/mol. The number of benzene rings is 2. The van der Waals surface area contributed by atoms with Crippen molar-refractivity contribution in [1.82, 2.24) is 0 Å². The van der Waals surface area contributed by atoms with Gasteiger partial charge in [0.05, 0.1) is 5.02 Å². The fraction of sp³-hybridized carbons (Fsp3) is 0.250. The topological polar surface area (TPSA) is 35.2 Å². The molecule has 2 N–H and O–H groups in total. The highest BCUT2D eigenvalue weighted by Gasteiger charge is 2.14. The van der Waals surface area contributed by atoms with Gasteiger partial charge in [-0.3, -0.25) is 0 Å². The second-order valence-corrected chi connectivity index (χ2v) is 5.19. The minimum Gasteiger partial charge on any atom is -0.454 e. The number of rotatable bonds is 5. The Balaban J connectivity index is 2.31. The second-order valence-electron chi connectivity index (χ2n) is 4.78. The van der Waals surface area contributed by atoms with Crippen LogP contribution < -0.4 is 10.5 Å². The molecule has 112 valence electrons. The highest BCUT2D eigenvalue weighted by molar-refractivity contribution is 6.30. The van der Waals surface area contributed by atoms with Gasteiger partial charge in [-0.05, 0) is 36.6 Å². The van der Waals surface area contributed by atoms with Gasteiger partial charge in [-0.25, -0.2) is 8.78 Å². The van der Waals surface area contributed by atoms with Crippen LogP contribution in [0.1, 0.15) is 18.9 Å². The molecule has 0 aliphatic carbocycles. The average Bonchev–Trinajstić information content (AvgIpc) is 2.46. The van der Waals surface area contributed by atoms with Crippen molar-refractivity contribution in [2.45, 2.75) is 25.8 Å². The molecule has 0 aliphatic rings. The number of hydrogen-bond acceptors (Lipinski definition) is 2. The van der Waals surface area contributed by atoms with Crippen LogP contribution >= 0.6 is 11.6 Å². The number of para-hydroxylation sites is 1. The Labute approximate surface area is 127 Å². The largest absolute Gasteiger partial charge is 0.454 e. The summed E-state index contributed by atoms with van der Waals surface area (Å²) < 4.78 is 32.7. The van der Waals surface area contributed by atoms with Gasteiger partial charge < -0.3 is 10.5 Å². The Morgan fingerprint density at radius 3 is 2.62 bits per heavy atom. The first-order valence-electron chi connectivity index (χ1n) is 6.67. The molecule has 2 nitrogen and oxygen atoms in total. The van der Waals surface area contributed by atoms with Gasteiger partial charge in [-0.15, -0.1) is 0 Å². The van der Waals surface area contributed by atoms with E-state index >= 15 is 0 Å². The van der Waals surface area contributed by atoms with Gasteiger partial charge in [0.2, 0.25) is 0 Å². The van der Waals surface area contributed by atoms with Crippen LogP contribution in [0, 0.1) is 11.6 Å². The molecule has 0 aliphatic heterocycles. The fourth-order valence-corrected chi connectivity index (χ4v) is 2.08. The molecule has 0 spiro atoms. The molecule has 5 heteroatoms. The van der Waals surface area contributed by atoms with Crippen LogP contribution in [0.3, 0.4) is 0 Å². The summed E-state index contributed by atoms with van der Waals surface area (Å²) in [6.45, 7) is 1.96. The molecule has 0 saturated carbocycles. The van der Waals surface area contributed by atoms with Gasteiger partial charge in [0.1, 0.15) is 11.6 Å². The van der Waals surface area contributed by atoms with Gasteiger partial charge in [0.25, 0.3) is 0 Å². The zero-order valence-corrected chi connectivity index (χ0v) is 12.3. The van der Waals surface area contributed by atoms with Gasteiger partial charge in [-0.2, -0.15) is 0 Å². The molecule has 0 amide bonds. The molecule has 0 saturated heterocycles. The van der Waals surface area contributed by atoms with E-state index in [1.54, 1.807) is 12.1 Å². The normalized spacial score (nSPS) is 12.2. The van der Waals surface area contributed by atoms with Crippen LogP contribution in [0.5, 0.6) is 11.5 Å². The number of halogens is 3. The van der Waals surface area contributed by atoms with Crippen LogP contribution in [0.2, 0.25) is 5.02 Å². The highest BCUT2D eigenvalue weighted by Crippen LogP contribution is 2.31. The monoisotopic (exact) mass is 311 g/mol. The number of ether oxygens (including phenoxy) is 1. The molecule has 21 heavy (non-hydrogen) atoms. The quantitative estimate of drug-likeness (QED) is 0.869. The third-order valence-electron chi connectivity index (χ3n) is 3.17. The first kappa shape index (κ1) is 15.7. The van der Waals surface area contributed by atoms with E-state index in [4.69, 9.17) is 22.1 Å². The minimum atomic E-state index is -0.550. The van der Waals surface area contributed by atoms with Gasteiger partial charge >= 0.3 is 0 Å². The Kier molecular flexibility index (Phi) is 5.15. The Morgan fingerprint density at radius 1 is 1.19 bits per heavy atom. The van der Waals surface area contributed by atoms with Gasteiger partial charge in [0, 0.05) is 12.1 Å². The van der Waals surface area contributed by atoms with E-state index in [9.17, 15) is 8.78 Å². The smallest absolute Gasteiger partial charge is 0.166 e. The Hall–Kier alpha value is -1.65. The van der Waals surface area contributed by atoms with Gasteiger partial charge in [-0.1, -0.05) is 30.7 Å². The van der Waals surface area contributed by atoms with E-state index < -0.39 is 11.6 Å². The summed E-state index contributed by atoms with van der Waals surface area (Å²) in [5, 5.41) is -0.0735. The predicted octanol–water partition coefficient (Wildman–Crippen LogP) is 4.69. The fourth-order valence-electron chi connectivity index (χ4n) is 1.91. The van der Waals surface area contributed by atoms with Crippen molar-refractivity contribution in [3.8, 4) is 11.5 Å². The highest BCUT2D eigenvalue weighted by atomic mass is 35.5. The van der Waals surface area contributed by atoms with E-state index in [0.717, 1.165) is 6.42 Å². The zero-order chi connectivity index (χ0) is 15.4. The van der Waals surface area contributed by atoms with E-state index in [2.05, 4.69) is 0 Å². The third kappa shape index (κ3) is 3.93. The molecule has 2 aromatic rings. The Bertz CT molecular complexity index is 634. The van der Waals surface area contributed by atoms with Crippen LogP contribution in [0.15, 0.2) is 36.4 Å². The Morgan fingerprint density at radius 2 is 1.95 bits per heavy atom. The van der Waals surface area contributed by atoms with E-state index in [1.165, 1.54) is 24.3 Å². The van der Waals surface area contributed by atoms with Crippen molar-refractivity contribution in [2.75, 3.05) is 0 Å². The van der Waals surface area contributed by atoms with Crippen molar-refractivity contribution in [3.05, 3.63) is 58.6 Å². The summed E-state index contributed by atoms with van der Waals surface area (Å²) >= 11 is 5.70. The molecule has 2 rings (SSSR count). The SMILES string of the molecule is CCC(N)Cc1cccc(F)c1Oc1ccc(F)c(Cl)c1. The number of nitrogens with two attached hydrogens (primary N) is 1. The summed E-state index contributed by atoms with van der Waals surface area (Å²) in [4.78, 5) is 0. The van der Waals surface area contributed by atoms with Crippen LogP contribution in [0.25, 0.3) is 0 Å². The molecule has 0 aromatic heterocycles. The molecule has 0 radical (unpaired) electrons. The van der Waals surface area contributed by atoms with E-state index in [0.29, 0.717) is 12.0 Å². The van der Waals surface area contributed by atoms with Crippen molar-refractivity contribution < 1.29 is 13.5 Å². The van der Waals surface area contributed by atoms with Crippen LogP contribution in [0.4, 0.5) is 8.78 Å². The van der Waals surface area contributed by atoms with Crippen molar-refractivity contribution in [1.29, 1.82) is 0 Å². The summed E-state index contributed by atoms with van der Waals surface area (Å²) in [6.07, 6.45) is 1.27. The first-order valence-corrected chi connectivity index (χ1v) is 7.05. The van der Waals surface area contributed by atoms with Crippen LogP contribution in [-0.4, -0.2) is 6.04 Å². The molecule has 1 atom stereocenters. The van der Waals surface area contributed by atoms with Gasteiger partial charge in [0.15, 0.2) is 11.6 Å². The van der Waals surface area contributed by atoms with E-state index in [1.807, 2.05) is 6.92 Å². The molecule has 0 fully saturated rings. The summed E-state index contributed by atoms with van der Waals surface area (Å²) in [5.74, 6) is -0.663. The minimum absolute atomic E-state index is 0.0735. The first-order chi connectivity index (χ1) is 10.0. The summed E-state index contributed by atoms with van der Waals surface area (Å²) in [5.41, 5.74) is 6.58. The molecular weight excluding hydrogens is 296 g/mol.